The van der Waals surface area contributed by atoms with Crippen LogP contribution < -0.4 is 10.0 Å². The number of hydrogen-bond acceptors (Lipinski definition) is 5. The average Bonchev–Trinajstić information content (AvgIpc) is 2.38. The molecule has 0 saturated carbocycles. The molecule has 0 aliphatic rings. The topological polar surface area (TPSA) is 59.6 Å². The number of ether oxygens (including phenoxy) is 2. The van der Waals surface area contributed by atoms with E-state index in [0.717, 1.165) is 32.6 Å². The Morgan fingerprint density at radius 2 is 1.60 bits per heavy atom. The van der Waals surface area contributed by atoms with E-state index in [1.807, 2.05) is 27.0 Å². The summed E-state index contributed by atoms with van der Waals surface area (Å²) in [5.41, 5.74) is -0.316. The summed E-state index contributed by atoms with van der Waals surface area (Å²) in [7, 11) is 0. The highest BCUT2D eigenvalue weighted by molar-refractivity contribution is 7.96. The molecule has 0 atom stereocenters. The molecule has 0 heterocycles. The number of carbonyl (C=O) groups excluding carboxylic acids is 1. The van der Waals surface area contributed by atoms with Crippen molar-refractivity contribution in [3.05, 3.63) is 0 Å². The zero-order chi connectivity index (χ0) is 15.3. The molecule has 20 heavy (non-hydrogen) atoms. The lowest BCUT2D eigenvalue weighted by Crippen LogP contribution is -2.35. The van der Waals surface area contributed by atoms with Gasteiger partial charge in [0.15, 0.2) is 0 Å². The Morgan fingerprint density at radius 1 is 1.00 bits per heavy atom. The molecule has 5 nitrogen and oxygen atoms in total. The van der Waals surface area contributed by atoms with E-state index in [4.69, 9.17) is 9.47 Å². The molecule has 2 N–H and O–H groups in total. The molecule has 0 aromatic heterocycles. The molecule has 6 heteroatoms. The van der Waals surface area contributed by atoms with Crippen LogP contribution in [0.3, 0.4) is 0 Å². The van der Waals surface area contributed by atoms with Crippen LogP contribution in [0.5, 0.6) is 0 Å². The van der Waals surface area contributed by atoms with Crippen LogP contribution >= 0.6 is 11.9 Å². The van der Waals surface area contributed by atoms with Gasteiger partial charge >= 0.3 is 0 Å². The molecular weight excluding hydrogens is 276 g/mol. The molecule has 0 rings (SSSR count). The molecule has 0 bridgehead atoms. The maximum atomic E-state index is 11.6. The lowest BCUT2D eigenvalue weighted by Gasteiger charge is -2.17. The number of nitrogens with one attached hydrogen (secondary N) is 2. The predicted octanol–water partition coefficient (Wildman–Crippen LogP) is 1.83. The first-order valence-electron chi connectivity index (χ1n) is 7.18. The summed E-state index contributed by atoms with van der Waals surface area (Å²) >= 11 is 1.60. The van der Waals surface area contributed by atoms with Crippen molar-refractivity contribution in [2.75, 3.05) is 45.8 Å². The number of rotatable bonds is 12. The van der Waals surface area contributed by atoms with Gasteiger partial charge in [-0.05, 0) is 19.1 Å². The Kier molecular flexibility index (Phi) is 12.3. The second-order valence-electron chi connectivity index (χ2n) is 5.54. The molecule has 0 fully saturated rings. The third-order valence-electron chi connectivity index (χ3n) is 2.50. The van der Waals surface area contributed by atoms with E-state index in [-0.39, 0.29) is 11.3 Å². The van der Waals surface area contributed by atoms with Gasteiger partial charge in [0, 0.05) is 38.3 Å². The Balaban J connectivity index is 3.16. The first-order valence-corrected chi connectivity index (χ1v) is 8.40. The van der Waals surface area contributed by atoms with Crippen molar-refractivity contribution < 1.29 is 14.3 Å². The molecule has 1 amide bonds. The quantitative estimate of drug-likeness (QED) is 0.425. The van der Waals surface area contributed by atoms with Crippen molar-refractivity contribution in [3.8, 4) is 0 Å². The Bertz CT molecular complexity index is 245. The molecule has 0 aliphatic carbocycles. The SMILES string of the molecule is CSNCCOCCCOCCCNC(=O)C(C)(C)C. The van der Waals surface area contributed by atoms with Gasteiger partial charge < -0.3 is 14.8 Å². The van der Waals surface area contributed by atoms with E-state index in [2.05, 4.69) is 10.0 Å². The highest BCUT2D eigenvalue weighted by Gasteiger charge is 2.19. The summed E-state index contributed by atoms with van der Waals surface area (Å²) in [6.45, 7) is 10.1. The van der Waals surface area contributed by atoms with E-state index in [9.17, 15) is 4.79 Å². The van der Waals surface area contributed by atoms with Crippen molar-refractivity contribution in [1.82, 2.24) is 10.0 Å². The lowest BCUT2D eigenvalue weighted by molar-refractivity contribution is -0.128. The van der Waals surface area contributed by atoms with E-state index in [1.165, 1.54) is 0 Å². The largest absolute Gasteiger partial charge is 0.381 e. The van der Waals surface area contributed by atoms with Crippen LogP contribution in [0.2, 0.25) is 0 Å². The standard InChI is InChI=1S/C14H30N2O3S/c1-14(2,3)13(17)15-7-5-9-18-10-6-11-19-12-8-16-20-4/h16H,5-12H2,1-4H3,(H,15,17). The third-order valence-corrected chi connectivity index (χ3v) is 3.00. The average molecular weight is 306 g/mol. The normalized spacial score (nSPS) is 11.6. The van der Waals surface area contributed by atoms with Gasteiger partial charge in [0.05, 0.1) is 6.61 Å². The van der Waals surface area contributed by atoms with Crippen molar-refractivity contribution >= 4 is 17.9 Å². The van der Waals surface area contributed by atoms with E-state index >= 15 is 0 Å². The van der Waals surface area contributed by atoms with Gasteiger partial charge in [-0.25, -0.2) is 0 Å². The molecule has 0 spiro atoms. The maximum absolute atomic E-state index is 11.6. The van der Waals surface area contributed by atoms with E-state index < -0.39 is 0 Å². The van der Waals surface area contributed by atoms with Crippen LogP contribution in [0.15, 0.2) is 0 Å². The predicted molar refractivity (Wildman–Crippen MR) is 84.9 cm³/mol. The molecule has 0 aromatic rings. The maximum Gasteiger partial charge on any atom is 0.225 e. The molecule has 0 radical (unpaired) electrons. The zero-order valence-electron chi connectivity index (χ0n) is 13.3. The van der Waals surface area contributed by atoms with Crippen molar-refractivity contribution in [3.63, 3.8) is 0 Å². The van der Waals surface area contributed by atoms with Crippen molar-refractivity contribution in [2.45, 2.75) is 33.6 Å². The summed E-state index contributed by atoms with van der Waals surface area (Å²) < 4.78 is 14.0. The third kappa shape index (κ3) is 12.7. The molecule has 0 aliphatic heterocycles. The number of amides is 1. The van der Waals surface area contributed by atoms with Crippen LogP contribution in [-0.2, 0) is 14.3 Å². The highest BCUT2D eigenvalue weighted by atomic mass is 32.2. The van der Waals surface area contributed by atoms with Gasteiger partial charge in [-0.15, -0.1) is 0 Å². The van der Waals surface area contributed by atoms with Gasteiger partial charge in [-0.1, -0.05) is 32.7 Å². The summed E-state index contributed by atoms with van der Waals surface area (Å²) in [6.07, 6.45) is 3.76. The van der Waals surface area contributed by atoms with Crippen LogP contribution in [-0.4, -0.2) is 51.7 Å². The van der Waals surface area contributed by atoms with Crippen LogP contribution in [0, 0.1) is 5.41 Å². The summed E-state index contributed by atoms with van der Waals surface area (Å²) in [5.74, 6) is 0.0877. The fourth-order valence-corrected chi connectivity index (χ4v) is 1.61. The van der Waals surface area contributed by atoms with E-state index in [0.29, 0.717) is 19.8 Å². The first-order chi connectivity index (χ1) is 9.48. The highest BCUT2D eigenvalue weighted by Crippen LogP contribution is 2.11. The van der Waals surface area contributed by atoms with Crippen LogP contribution in [0.1, 0.15) is 33.6 Å². The Morgan fingerprint density at radius 3 is 2.20 bits per heavy atom. The monoisotopic (exact) mass is 306 g/mol. The fourth-order valence-electron chi connectivity index (χ4n) is 1.32. The first kappa shape index (κ1) is 19.7. The molecular formula is C14H30N2O3S. The minimum Gasteiger partial charge on any atom is -0.381 e. The van der Waals surface area contributed by atoms with E-state index in [1.54, 1.807) is 11.9 Å². The molecule has 0 unspecified atom stereocenters. The minimum atomic E-state index is -0.316. The molecule has 0 aromatic carbocycles. The minimum absolute atomic E-state index is 0.0877. The van der Waals surface area contributed by atoms with Gasteiger partial charge in [-0.2, -0.15) is 0 Å². The lowest BCUT2D eigenvalue weighted by atomic mass is 9.96. The summed E-state index contributed by atoms with van der Waals surface area (Å²) in [4.78, 5) is 11.6. The molecule has 120 valence electrons. The second kappa shape index (κ2) is 12.4. The second-order valence-corrected chi connectivity index (χ2v) is 6.23. The number of hydrogen-bond donors (Lipinski definition) is 2. The van der Waals surface area contributed by atoms with Gasteiger partial charge in [0.1, 0.15) is 0 Å². The summed E-state index contributed by atoms with van der Waals surface area (Å²) in [6, 6.07) is 0. The van der Waals surface area contributed by atoms with Gasteiger partial charge in [0.25, 0.3) is 0 Å². The van der Waals surface area contributed by atoms with Crippen LogP contribution in [0.25, 0.3) is 0 Å². The van der Waals surface area contributed by atoms with Crippen LogP contribution in [0.4, 0.5) is 0 Å². The smallest absolute Gasteiger partial charge is 0.225 e. The van der Waals surface area contributed by atoms with Gasteiger partial charge in [-0.3, -0.25) is 9.52 Å². The van der Waals surface area contributed by atoms with Crippen molar-refractivity contribution in [2.24, 2.45) is 5.41 Å². The zero-order valence-corrected chi connectivity index (χ0v) is 14.1. The van der Waals surface area contributed by atoms with Crippen molar-refractivity contribution in [1.29, 1.82) is 0 Å². The number of carbonyl (C=O) groups is 1. The van der Waals surface area contributed by atoms with Gasteiger partial charge in [0.2, 0.25) is 5.91 Å². The molecule has 0 saturated heterocycles. The summed E-state index contributed by atoms with van der Waals surface area (Å²) in [5, 5.41) is 2.90. The Labute approximate surface area is 127 Å². The fraction of sp³-hybridized carbons (Fsp3) is 0.929. The Hall–Kier alpha value is -0.300.